The fraction of sp³-hybridized carbons (Fsp3) is 0.438. The van der Waals surface area contributed by atoms with Crippen molar-refractivity contribution < 1.29 is 14.5 Å². The van der Waals surface area contributed by atoms with Crippen LogP contribution in [0.2, 0.25) is 0 Å². The maximum Gasteiger partial charge on any atom is 0.282 e. The molecule has 1 saturated carbocycles. The monoisotopic (exact) mass is 348 g/mol. The number of carbonyl (C=O) groups is 1. The molecular formula is C16H20N4O3S. The number of nitrogens with zero attached hydrogens (tertiary/aromatic N) is 2. The SMILES string of the molecule is CC(C)(C(=O)Nc1nnc(-c2ccc(O)cc2)[nH]1)[S+]([O-])CC1CC1. The van der Waals surface area contributed by atoms with E-state index in [4.69, 9.17) is 0 Å². The predicted octanol–water partition coefficient (Wildman–Crippen LogP) is 2.05. The van der Waals surface area contributed by atoms with E-state index in [2.05, 4.69) is 20.5 Å². The minimum Gasteiger partial charge on any atom is -0.616 e. The van der Waals surface area contributed by atoms with E-state index in [1.54, 1.807) is 38.1 Å². The van der Waals surface area contributed by atoms with Crippen LogP contribution in [0.3, 0.4) is 0 Å². The Bertz CT molecular complexity index is 725. The molecule has 0 bridgehead atoms. The van der Waals surface area contributed by atoms with Crippen molar-refractivity contribution in [3.8, 4) is 17.1 Å². The summed E-state index contributed by atoms with van der Waals surface area (Å²) in [5, 5.41) is 19.8. The molecule has 0 saturated heterocycles. The zero-order valence-corrected chi connectivity index (χ0v) is 14.4. The number of amides is 1. The molecule has 1 heterocycles. The molecule has 3 rings (SSSR count). The molecule has 3 N–H and O–H groups in total. The smallest absolute Gasteiger partial charge is 0.282 e. The van der Waals surface area contributed by atoms with Crippen LogP contribution in [0.1, 0.15) is 26.7 Å². The summed E-state index contributed by atoms with van der Waals surface area (Å²) in [7, 11) is 0. The Balaban J connectivity index is 1.67. The molecule has 0 aliphatic heterocycles. The van der Waals surface area contributed by atoms with E-state index in [0.29, 0.717) is 17.5 Å². The third-order valence-corrected chi connectivity index (χ3v) is 6.16. The maximum absolute atomic E-state index is 12.4. The predicted molar refractivity (Wildman–Crippen MR) is 91.9 cm³/mol. The molecule has 1 aromatic carbocycles. The molecule has 1 aromatic heterocycles. The number of benzene rings is 1. The number of nitrogens with one attached hydrogen (secondary N) is 2. The van der Waals surface area contributed by atoms with Crippen LogP contribution < -0.4 is 5.32 Å². The minimum atomic E-state index is -1.24. The summed E-state index contributed by atoms with van der Waals surface area (Å²) < 4.78 is 11.4. The Kier molecular flexibility index (Phi) is 4.51. The molecule has 7 nitrogen and oxygen atoms in total. The van der Waals surface area contributed by atoms with Gasteiger partial charge in [0, 0.05) is 11.5 Å². The Hall–Kier alpha value is -2.06. The molecule has 2 aromatic rings. The standard InChI is InChI=1S/C16H20N4O3S/c1-16(2,24(23)9-10-3-4-10)14(22)18-15-17-13(19-20-15)11-5-7-12(21)8-6-11/h5-8,10,21H,3-4,9H2,1-2H3,(H2,17,18,19,20,22). The Morgan fingerprint density at radius 1 is 1.38 bits per heavy atom. The number of hydrogen-bond acceptors (Lipinski definition) is 5. The number of hydrogen-bond donors (Lipinski definition) is 3. The quantitative estimate of drug-likeness (QED) is 0.691. The van der Waals surface area contributed by atoms with Crippen molar-refractivity contribution in [2.75, 3.05) is 11.1 Å². The third kappa shape index (κ3) is 3.70. The third-order valence-electron chi connectivity index (χ3n) is 4.06. The van der Waals surface area contributed by atoms with Gasteiger partial charge < -0.3 is 14.6 Å². The number of aromatic amines is 1. The van der Waals surface area contributed by atoms with Gasteiger partial charge >= 0.3 is 0 Å². The highest BCUT2D eigenvalue weighted by atomic mass is 32.2. The second kappa shape index (κ2) is 6.45. The molecule has 128 valence electrons. The second-order valence-electron chi connectivity index (χ2n) is 6.49. The van der Waals surface area contributed by atoms with Crippen molar-refractivity contribution in [2.45, 2.75) is 31.4 Å². The first-order valence-electron chi connectivity index (χ1n) is 7.78. The fourth-order valence-corrected chi connectivity index (χ4v) is 3.57. The summed E-state index contributed by atoms with van der Waals surface area (Å²) in [6.07, 6.45) is 2.20. The van der Waals surface area contributed by atoms with Gasteiger partial charge in [0.1, 0.15) is 11.5 Å². The second-order valence-corrected chi connectivity index (χ2v) is 8.53. The maximum atomic E-state index is 12.4. The van der Waals surface area contributed by atoms with Crippen molar-refractivity contribution in [3.05, 3.63) is 24.3 Å². The van der Waals surface area contributed by atoms with Gasteiger partial charge in [-0.25, -0.2) is 0 Å². The molecule has 0 spiro atoms. The van der Waals surface area contributed by atoms with Crippen molar-refractivity contribution in [1.29, 1.82) is 0 Å². The highest BCUT2D eigenvalue weighted by Crippen LogP contribution is 2.34. The van der Waals surface area contributed by atoms with Gasteiger partial charge in [-0.2, -0.15) is 0 Å². The van der Waals surface area contributed by atoms with Gasteiger partial charge in [-0.1, -0.05) is 0 Å². The lowest BCUT2D eigenvalue weighted by molar-refractivity contribution is -0.117. The molecule has 1 unspecified atom stereocenters. The summed E-state index contributed by atoms with van der Waals surface area (Å²) >= 11 is -1.24. The Morgan fingerprint density at radius 3 is 2.67 bits per heavy atom. The number of carbonyl (C=O) groups excluding carboxylic acids is 1. The number of phenolic OH excluding ortho intramolecular Hbond substituents is 1. The van der Waals surface area contributed by atoms with E-state index in [1.807, 2.05) is 0 Å². The average molecular weight is 348 g/mol. The summed E-state index contributed by atoms with van der Waals surface area (Å²) in [6.45, 7) is 3.36. The molecular weight excluding hydrogens is 328 g/mol. The molecule has 1 aliphatic rings. The van der Waals surface area contributed by atoms with Gasteiger partial charge in [-0.05, 0) is 62.1 Å². The van der Waals surface area contributed by atoms with Crippen LogP contribution in [-0.4, -0.2) is 41.2 Å². The zero-order valence-electron chi connectivity index (χ0n) is 13.6. The molecule has 1 fully saturated rings. The van der Waals surface area contributed by atoms with E-state index in [1.165, 1.54) is 0 Å². The van der Waals surface area contributed by atoms with Gasteiger partial charge in [0.05, 0.1) is 0 Å². The lowest BCUT2D eigenvalue weighted by Gasteiger charge is -2.26. The average Bonchev–Trinajstić information content (AvgIpc) is 3.24. The highest BCUT2D eigenvalue weighted by Gasteiger charge is 2.43. The van der Waals surface area contributed by atoms with E-state index < -0.39 is 15.9 Å². The van der Waals surface area contributed by atoms with Crippen LogP contribution in [0.4, 0.5) is 5.95 Å². The molecule has 1 aliphatic carbocycles. The van der Waals surface area contributed by atoms with E-state index in [0.717, 1.165) is 18.4 Å². The first-order chi connectivity index (χ1) is 11.4. The summed E-state index contributed by atoms with van der Waals surface area (Å²) in [5.41, 5.74) is 0.734. The zero-order chi connectivity index (χ0) is 17.3. The van der Waals surface area contributed by atoms with Crippen LogP contribution in [0.15, 0.2) is 24.3 Å². The van der Waals surface area contributed by atoms with Crippen LogP contribution >= 0.6 is 0 Å². The fourth-order valence-electron chi connectivity index (χ4n) is 2.14. The van der Waals surface area contributed by atoms with E-state index >= 15 is 0 Å². The van der Waals surface area contributed by atoms with Gasteiger partial charge in [0.2, 0.25) is 5.95 Å². The first kappa shape index (κ1) is 16.8. The first-order valence-corrected chi connectivity index (χ1v) is 9.10. The topological polar surface area (TPSA) is 114 Å². The molecule has 1 amide bonds. The Morgan fingerprint density at radius 2 is 2.04 bits per heavy atom. The lowest BCUT2D eigenvalue weighted by atomic mass is 10.2. The van der Waals surface area contributed by atoms with Crippen molar-refractivity contribution >= 4 is 23.0 Å². The van der Waals surface area contributed by atoms with Crippen LogP contribution in [-0.2, 0) is 16.0 Å². The van der Waals surface area contributed by atoms with Gasteiger partial charge in [-0.15, -0.1) is 10.2 Å². The van der Waals surface area contributed by atoms with Gasteiger partial charge in [0.25, 0.3) is 5.91 Å². The molecule has 24 heavy (non-hydrogen) atoms. The molecule has 8 heteroatoms. The van der Waals surface area contributed by atoms with Gasteiger partial charge in [0.15, 0.2) is 10.6 Å². The van der Waals surface area contributed by atoms with E-state index in [9.17, 15) is 14.5 Å². The van der Waals surface area contributed by atoms with Crippen LogP contribution in [0.25, 0.3) is 11.4 Å². The highest BCUT2D eigenvalue weighted by molar-refractivity contribution is 7.93. The number of aromatic hydroxyl groups is 1. The van der Waals surface area contributed by atoms with Crippen LogP contribution in [0, 0.1) is 5.92 Å². The summed E-state index contributed by atoms with van der Waals surface area (Å²) in [4.78, 5) is 15.4. The Labute approximate surface area is 143 Å². The number of H-pyrrole nitrogens is 1. The van der Waals surface area contributed by atoms with Crippen LogP contribution in [0.5, 0.6) is 5.75 Å². The summed E-state index contributed by atoms with van der Waals surface area (Å²) in [6, 6.07) is 6.46. The summed E-state index contributed by atoms with van der Waals surface area (Å²) in [5.74, 6) is 1.54. The van der Waals surface area contributed by atoms with Gasteiger partial charge in [-0.3, -0.25) is 10.1 Å². The lowest BCUT2D eigenvalue weighted by Crippen LogP contribution is -2.46. The minimum absolute atomic E-state index is 0.159. The molecule has 0 radical (unpaired) electrons. The number of rotatable bonds is 6. The normalized spacial score (nSPS) is 16.0. The van der Waals surface area contributed by atoms with Crippen molar-refractivity contribution in [2.24, 2.45) is 5.92 Å². The number of anilines is 1. The van der Waals surface area contributed by atoms with E-state index in [-0.39, 0.29) is 17.6 Å². The number of aromatic nitrogens is 3. The van der Waals surface area contributed by atoms with Crippen molar-refractivity contribution in [1.82, 2.24) is 15.2 Å². The molecule has 1 atom stereocenters. The largest absolute Gasteiger partial charge is 0.616 e. The van der Waals surface area contributed by atoms with Crippen molar-refractivity contribution in [3.63, 3.8) is 0 Å². The number of phenols is 1.